The average molecular weight is 371 g/mol. The Morgan fingerprint density at radius 3 is 2.44 bits per heavy atom. The lowest BCUT2D eigenvalue weighted by Gasteiger charge is -2.35. The van der Waals surface area contributed by atoms with Gasteiger partial charge in [0, 0.05) is 0 Å². The smallest absolute Gasteiger partial charge is 0.258 e. The third kappa shape index (κ3) is 3.71. The summed E-state index contributed by atoms with van der Waals surface area (Å²) in [6, 6.07) is 10.8. The van der Waals surface area contributed by atoms with Crippen LogP contribution < -0.4 is 19.5 Å². The van der Waals surface area contributed by atoms with E-state index >= 15 is 0 Å². The second kappa shape index (κ2) is 7.88. The van der Waals surface area contributed by atoms with E-state index < -0.39 is 5.60 Å². The fourth-order valence-electron chi connectivity index (χ4n) is 3.64. The molecular formula is C21H25NO5. The number of aliphatic hydroxyl groups is 1. The molecule has 0 saturated heterocycles. The van der Waals surface area contributed by atoms with E-state index in [9.17, 15) is 9.90 Å². The highest BCUT2D eigenvalue weighted by Gasteiger charge is 2.35. The number of ether oxygens (including phenoxy) is 3. The zero-order chi connectivity index (χ0) is 19.4. The molecule has 1 amide bonds. The van der Waals surface area contributed by atoms with Gasteiger partial charge >= 0.3 is 0 Å². The van der Waals surface area contributed by atoms with E-state index in [4.69, 9.17) is 14.2 Å². The highest BCUT2D eigenvalue weighted by atomic mass is 16.5. The second-order valence-corrected chi connectivity index (χ2v) is 6.63. The SMILES string of the molecule is COc1ccc2c(c1)CCCC2(O)CNC(=O)c1c(OC)cccc1OC. The Kier molecular flexibility index (Phi) is 5.56. The van der Waals surface area contributed by atoms with Gasteiger partial charge in [0.2, 0.25) is 0 Å². The number of hydrogen-bond acceptors (Lipinski definition) is 5. The van der Waals surface area contributed by atoms with E-state index in [1.54, 1.807) is 25.3 Å². The van der Waals surface area contributed by atoms with Crippen LogP contribution in [-0.2, 0) is 12.0 Å². The van der Waals surface area contributed by atoms with Gasteiger partial charge in [-0.3, -0.25) is 4.79 Å². The largest absolute Gasteiger partial charge is 0.497 e. The lowest BCUT2D eigenvalue weighted by molar-refractivity contribution is 0.0188. The number of methoxy groups -OCH3 is 3. The number of amides is 1. The molecule has 0 aliphatic heterocycles. The Labute approximate surface area is 159 Å². The molecule has 0 spiro atoms. The molecule has 0 fully saturated rings. The summed E-state index contributed by atoms with van der Waals surface area (Å²) >= 11 is 0. The topological polar surface area (TPSA) is 77.0 Å². The number of rotatable bonds is 6. The Morgan fingerprint density at radius 1 is 1.11 bits per heavy atom. The maximum absolute atomic E-state index is 12.8. The van der Waals surface area contributed by atoms with E-state index in [-0.39, 0.29) is 12.5 Å². The van der Waals surface area contributed by atoms with E-state index in [1.165, 1.54) is 14.2 Å². The fourth-order valence-corrected chi connectivity index (χ4v) is 3.64. The third-order valence-electron chi connectivity index (χ3n) is 5.05. The van der Waals surface area contributed by atoms with E-state index in [2.05, 4.69) is 5.32 Å². The van der Waals surface area contributed by atoms with Crippen LogP contribution in [0.2, 0.25) is 0 Å². The number of benzene rings is 2. The van der Waals surface area contributed by atoms with Crippen LogP contribution in [0.1, 0.15) is 34.3 Å². The average Bonchev–Trinajstić information content (AvgIpc) is 2.71. The summed E-state index contributed by atoms with van der Waals surface area (Å²) < 4.78 is 15.9. The van der Waals surface area contributed by atoms with Crippen LogP contribution in [0.4, 0.5) is 0 Å². The predicted molar refractivity (Wildman–Crippen MR) is 102 cm³/mol. The highest BCUT2D eigenvalue weighted by molar-refractivity contribution is 5.99. The lowest BCUT2D eigenvalue weighted by atomic mass is 9.79. The molecule has 1 aliphatic rings. The van der Waals surface area contributed by atoms with Gasteiger partial charge in [0.25, 0.3) is 5.91 Å². The number of carbonyl (C=O) groups excluding carboxylic acids is 1. The summed E-state index contributed by atoms with van der Waals surface area (Å²) in [5, 5.41) is 14.1. The minimum atomic E-state index is -1.12. The molecule has 2 aromatic rings. The monoisotopic (exact) mass is 371 g/mol. The first-order valence-corrected chi connectivity index (χ1v) is 8.91. The molecule has 2 N–H and O–H groups in total. The standard InChI is InChI=1S/C21H25NO5/c1-25-15-9-10-16-14(12-15)6-5-11-21(16,24)13-22-20(23)19-17(26-2)7-4-8-18(19)27-3/h4,7-10,12,24H,5-6,11,13H2,1-3H3,(H,22,23). The molecule has 27 heavy (non-hydrogen) atoms. The molecular weight excluding hydrogens is 346 g/mol. The molecule has 144 valence electrons. The van der Waals surface area contributed by atoms with Gasteiger partial charge in [-0.1, -0.05) is 12.1 Å². The third-order valence-corrected chi connectivity index (χ3v) is 5.05. The van der Waals surface area contributed by atoms with Crippen molar-refractivity contribution in [1.29, 1.82) is 0 Å². The Morgan fingerprint density at radius 2 is 1.81 bits per heavy atom. The number of aryl methyl sites for hydroxylation is 1. The number of carbonyl (C=O) groups is 1. The number of nitrogens with one attached hydrogen (secondary N) is 1. The van der Waals surface area contributed by atoms with Crippen LogP contribution in [0, 0.1) is 0 Å². The Bertz CT molecular complexity index is 813. The highest BCUT2D eigenvalue weighted by Crippen LogP contribution is 2.37. The molecule has 1 atom stereocenters. The van der Waals surface area contributed by atoms with Crippen molar-refractivity contribution >= 4 is 5.91 Å². The summed E-state index contributed by atoms with van der Waals surface area (Å²) in [5.41, 5.74) is 1.08. The van der Waals surface area contributed by atoms with Crippen molar-refractivity contribution in [3.8, 4) is 17.2 Å². The number of hydrogen-bond donors (Lipinski definition) is 2. The van der Waals surface area contributed by atoms with Crippen LogP contribution in [0.5, 0.6) is 17.2 Å². The molecule has 6 heteroatoms. The molecule has 3 rings (SSSR count). The van der Waals surface area contributed by atoms with Crippen LogP contribution in [0.3, 0.4) is 0 Å². The zero-order valence-electron chi connectivity index (χ0n) is 15.9. The summed E-state index contributed by atoms with van der Waals surface area (Å²) in [5.74, 6) is 1.26. The second-order valence-electron chi connectivity index (χ2n) is 6.63. The van der Waals surface area contributed by atoms with Gasteiger partial charge in [-0.25, -0.2) is 0 Å². The van der Waals surface area contributed by atoms with Crippen molar-refractivity contribution in [2.45, 2.75) is 24.9 Å². The van der Waals surface area contributed by atoms with Crippen molar-refractivity contribution in [2.24, 2.45) is 0 Å². The quantitative estimate of drug-likeness (QED) is 0.816. The summed E-state index contributed by atoms with van der Waals surface area (Å²) in [6.45, 7) is 0.104. The first-order valence-electron chi connectivity index (χ1n) is 8.91. The predicted octanol–water partition coefficient (Wildman–Crippen LogP) is 2.67. The normalized spacial score (nSPS) is 18.4. The first kappa shape index (κ1) is 19.0. The van der Waals surface area contributed by atoms with Gasteiger partial charge in [-0.2, -0.15) is 0 Å². The fraction of sp³-hybridized carbons (Fsp3) is 0.381. The van der Waals surface area contributed by atoms with Gasteiger partial charge in [-0.15, -0.1) is 0 Å². The van der Waals surface area contributed by atoms with Crippen molar-refractivity contribution in [1.82, 2.24) is 5.32 Å². The van der Waals surface area contributed by atoms with Gasteiger partial charge in [0.1, 0.15) is 28.4 Å². The van der Waals surface area contributed by atoms with Crippen LogP contribution in [0.15, 0.2) is 36.4 Å². The molecule has 2 aromatic carbocycles. The minimum absolute atomic E-state index is 0.104. The summed E-state index contributed by atoms with van der Waals surface area (Å²) in [4.78, 5) is 12.8. The Hall–Kier alpha value is -2.73. The molecule has 0 bridgehead atoms. The van der Waals surface area contributed by atoms with Gasteiger partial charge in [0.15, 0.2) is 0 Å². The molecule has 6 nitrogen and oxygen atoms in total. The molecule has 1 unspecified atom stereocenters. The first-order chi connectivity index (χ1) is 13.0. The van der Waals surface area contributed by atoms with Crippen molar-refractivity contribution in [2.75, 3.05) is 27.9 Å². The molecule has 0 saturated carbocycles. The molecule has 1 aliphatic carbocycles. The van der Waals surface area contributed by atoms with Crippen molar-refractivity contribution in [3.63, 3.8) is 0 Å². The van der Waals surface area contributed by atoms with Crippen LogP contribution in [-0.4, -0.2) is 38.9 Å². The molecule has 0 aromatic heterocycles. The van der Waals surface area contributed by atoms with Gasteiger partial charge in [0.05, 0.1) is 27.9 Å². The maximum atomic E-state index is 12.8. The van der Waals surface area contributed by atoms with Crippen LogP contribution in [0.25, 0.3) is 0 Å². The molecule has 0 heterocycles. The summed E-state index contributed by atoms with van der Waals surface area (Å²) in [7, 11) is 4.63. The Balaban J connectivity index is 1.83. The number of fused-ring (bicyclic) bond motifs is 1. The van der Waals surface area contributed by atoms with Crippen molar-refractivity contribution in [3.05, 3.63) is 53.1 Å². The van der Waals surface area contributed by atoms with Crippen molar-refractivity contribution < 1.29 is 24.1 Å². The van der Waals surface area contributed by atoms with Gasteiger partial charge in [-0.05, 0) is 54.7 Å². The summed E-state index contributed by atoms with van der Waals surface area (Å²) in [6.07, 6.45) is 2.29. The van der Waals surface area contributed by atoms with E-state index in [0.29, 0.717) is 23.5 Å². The lowest BCUT2D eigenvalue weighted by Crippen LogP contribution is -2.43. The minimum Gasteiger partial charge on any atom is -0.497 e. The zero-order valence-corrected chi connectivity index (χ0v) is 15.9. The van der Waals surface area contributed by atoms with Gasteiger partial charge < -0.3 is 24.6 Å². The maximum Gasteiger partial charge on any atom is 0.258 e. The van der Waals surface area contributed by atoms with Crippen LogP contribution >= 0.6 is 0 Å². The van der Waals surface area contributed by atoms with E-state index in [1.807, 2.05) is 18.2 Å². The molecule has 0 radical (unpaired) electrons. The van der Waals surface area contributed by atoms with E-state index in [0.717, 1.165) is 29.7 Å².